The fourth-order valence-electron chi connectivity index (χ4n) is 6.61. The maximum atomic E-state index is 13.9. The molecule has 0 bridgehead atoms. The lowest BCUT2D eigenvalue weighted by Crippen LogP contribution is -2.51. The molecule has 36 heavy (non-hydrogen) atoms. The van der Waals surface area contributed by atoms with Gasteiger partial charge in [0.15, 0.2) is 5.60 Å². The summed E-state index contributed by atoms with van der Waals surface area (Å²) in [6, 6.07) is 20.0. The van der Waals surface area contributed by atoms with Gasteiger partial charge in [-0.2, -0.15) is 0 Å². The van der Waals surface area contributed by atoms with Crippen LogP contribution < -0.4 is 10.2 Å². The normalized spacial score (nSPS) is 26.0. The van der Waals surface area contributed by atoms with Gasteiger partial charge in [0, 0.05) is 38.9 Å². The van der Waals surface area contributed by atoms with Gasteiger partial charge in [0.1, 0.15) is 0 Å². The van der Waals surface area contributed by atoms with E-state index < -0.39 is 11.7 Å². The highest BCUT2D eigenvalue weighted by atomic mass is 16.5. The van der Waals surface area contributed by atoms with Crippen LogP contribution in [0.25, 0.3) is 10.8 Å². The maximum Gasteiger partial charge on any atom is 0.264 e. The summed E-state index contributed by atoms with van der Waals surface area (Å²) in [7, 11) is 3.07. The van der Waals surface area contributed by atoms with Crippen molar-refractivity contribution in [2.75, 3.05) is 32.1 Å². The van der Waals surface area contributed by atoms with Gasteiger partial charge in [-0.1, -0.05) is 54.6 Å². The number of nitrogens with one attached hydrogen (secondary N) is 1. The number of hydrogen-bond donors (Lipinski definition) is 2. The summed E-state index contributed by atoms with van der Waals surface area (Å²) < 4.78 is 5.82. The summed E-state index contributed by atoms with van der Waals surface area (Å²) in [6.45, 7) is 1.52. The maximum absolute atomic E-state index is 13.9. The molecule has 3 aliphatic rings. The van der Waals surface area contributed by atoms with Crippen molar-refractivity contribution >= 4 is 28.3 Å². The second-order valence-corrected chi connectivity index (χ2v) is 10.0. The lowest BCUT2D eigenvalue weighted by molar-refractivity contribution is -0.146. The molecule has 2 heterocycles. The molecular weight excluding hydrogens is 454 g/mol. The first kappa shape index (κ1) is 23.2. The lowest BCUT2D eigenvalue weighted by Gasteiger charge is -2.41. The zero-order chi connectivity index (χ0) is 25.0. The van der Waals surface area contributed by atoms with E-state index in [1.165, 1.54) is 18.1 Å². The van der Waals surface area contributed by atoms with Gasteiger partial charge in [0.05, 0.1) is 24.3 Å². The Hall–Kier alpha value is -3.26. The third kappa shape index (κ3) is 3.23. The molecular formula is C29H31N3O4. The molecule has 2 amide bonds. The number of hydrogen-bond acceptors (Lipinski definition) is 5. The van der Waals surface area contributed by atoms with E-state index in [2.05, 4.69) is 34.5 Å². The van der Waals surface area contributed by atoms with Crippen LogP contribution in [-0.2, 0) is 19.9 Å². The van der Waals surface area contributed by atoms with Crippen LogP contribution in [0.4, 0.5) is 5.69 Å². The van der Waals surface area contributed by atoms with E-state index in [0.29, 0.717) is 0 Å². The number of piperidine rings is 1. The molecule has 0 spiro atoms. The van der Waals surface area contributed by atoms with Gasteiger partial charge in [-0.15, -0.1) is 0 Å². The second kappa shape index (κ2) is 8.69. The third-order valence-corrected chi connectivity index (χ3v) is 8.36. The van der Waals surface area contributed by atoms with Crippen molar-refractivity contribution in [2.45, 2.75) is 43.1 Å². The molecule has 7 heteroatoms. The van der Waals surface area contributed by atoms with E-state index in [4.69, 9.17) is 4.74 Å². The largest absolute Gasteiger partial charge is 0.386 e. The monoisotopic (exact) mass is 485 g/mol. The number of aliphatic hydroxyl groups excluding tert-OH is 1. The molecule has 0 saturated carbocycles. The van der Waals surface area contributed by atoms with Gasteiger partial charge in [-0.3, -0.25) is 14.5 Å². The Bertz CT molecular complexity index is 1340. The first-order valence-corrected chi connectivity index (χ1v) is 12.6. The zero-order valence-corrected chi connectivity index (χ0v) is 20.6. The number of ether oxygens (including phenoxy) is 1. The Morgan fingerprint density at radius 3 is 2.44 bits per heavy atom. The molecule has 2 N–H and O–H groups in total. The molecule has 1 saturated heterocycles. The van der Waals surface area contributed by atoms with Crippen LogP contribution in [0, 0.1) is 0 Å². The van der Waals surface area contributed by atoms with Crippen LogP contribution in [-0.4, -0.2) is 55.1 Å². The molecule has 1 fully saturated rings. The minimum atomic E-state index is -1.31. The van der Waals surface area contributed by atoms with E-state index in [1.54, 1.807) is 7.05 Å². The van der Waals surface area contributed by atoms with Crippen molar-refractivity contribution in [2.24, 2.45) is 0 Å². The van der Waals surface area contributed by atoms with Crippen molar-refractivity contribution in [3.8, 4) is 0 Å². The van der Waals surface area contributed by atoms with Crippen LogP contribution in [0.5, 0.6) is 0 Å². The summed E-state index contributed by atoms with van der Waals surface area (Å²) in [5, 5.41) is 16.2. The van der Waals surface area contributed by atoms with Crippen molar-refractivity contribution in [3.05, 3.63) is 77.4 Å². The average Bonchev–Trinajstić information content (AvgIpc) is 3.34. The van der Waals surface area contributed by atoms with Crippen LogP contribution in [0.15, 0.2) is 60.7 Å². The molecule has 3 atom stereocenters. The van der Waals surface area contributed by atoms with Crippen molar-refractivity contribution < 1.29 is 19.4 Å². The molecule has 6 rings (SSSR count). The molecule has 3 aromatic carbocycles. The summed E-state index contributed by atoms with van der Waals surface area (Å²) in [5.74, 6) is -0.410. The Labute approximate surface area is 210 Å². The van der Waals surface area contributed by atoms with Crippen molar-refractivity contribution in [1.29, 1.82) is 0 Å². The summed E-state index contributed by atoms with van der Waals surface area (Å²) in [6.07, 6.45) is 0.928. The fourth-order valence-corrected chi connectivity index (χ4v) is 6.61. The number of benzene rings is 3. The zero-order valence-electron chi connectivity index (χ0n) is 20.6. The van der Waals surface area contributed by atoms with Crippen LogP contribution in [0.3, 0.4) is 0 Å². The number of rotatable bonds is 5. The molecule has 1 aliphatic carbocycles. The smallest absolute Gasteiger partial charge is 0.264 e. The van der Waals surface area contributed by atoms with E-state index in [9.17, 15) is 14.7 Å². The first-order valence-electron chi connectivity index (χ1n) is 12.6. The average molecular weight is 486 g/mol. The summed E-state index contributed by atoms with van der Waals surface area (Å²) in [5.41, 5.74) is 2.44. The first-order chi connectivity index (χ1) is 17.5. The molecule has 2 aliphatic heterocycles. The highest BCUT2D eigenvalue weighted by Crippen LogP contribution is 2.49. The molecule has 186 valence electrons. The number of amides is 2. The van der Waals surface area contributed by atoms with Crippen molar-refractivity contribution in [1.82, 2.24) is 10.2 Å². The number of carbonyl (C=O) groups excluding carboxylic acids is 2. The number of methoxy groups -OCH3 is 1. The van der Waals surface area contributed by atoms with Gasteiger partial charge in [-0.05, 0) is 40.8 Å². The molecule has 7 nitrogen and oxygen atoms in total. The van der Waals surface area contributed by atoms with E-state index in [-0.39, 0.29) is 30.3 Å². The Morgan fingerprint density at radius 1 is 1.06 bits per heavy atom. The summed E-state index contributed by atoms with van der Waals surface area (Å²) in [4.78, 5) is 30.5. The van der Waals surface area contributed by atoms with Gasteiger partial charge < -0.3 is 20.1 Å². The number of nitrogens with zero attached hydrogens (tertiary/aromatic N) is 2. The van der Waals surface area contributed by atoms with Crippen molar-refractivity contribution in [3.63, 3.8) is 0 Å². The quantitative estimate of drug-likeness (QED) is 0.579. The second-order valence-electron chi connectivity index (χ2n) is 10.0. The van der Waals surface area contributed by atoms with Crippen LogP contribution >= 0.6 is 0 Å². The third-order valence-electron chi connectivity index (χ3n) is 8.36. The molecule has 0 radical (unpaired) electrons. The number of fused-ring (bicyclic) bond motifs is 1. The number of para-hydroxylation sites is 1. The minimum Gasteiger partial charge on any atom is -0.386 e. The predicted octanol–water partition coefficient (Wildman–Crippen LogP) is 3.42. The fraction of sp³-hybridized carbons (Fsp3) is 0.379. The molecule has 3 aromatic rings. The van der Waals surface area contributed by atoms with E-state index >= 15 is 0 Å². The SMILES string of the molecule is CNC(=O)CC1(OC)C(=O)N(C2CCN(C3c4cccc5cccc(c45)[C@@H]3O)CC2)c2ccccc21. The number of carbonyl (C=O) groups is 2. The van der Waals surface area contributed by atoms with Gasteiger partial charge in [-0.25, -0.2) is 0 Å². The lowest BCUT2D eigenvalue weighted by atomic mass is 9.91. The number of aliphatic hydroxyl groups is 1. The van der Waals surface area contributed by atoms with Gasteiger partial charge in [0.2, 0.25) is 5.91 Å². The van der Waals surface area contributed by atoms with Crippen LogP contribution in [0.1, 0.15) is 48.1 Å². The molecule has 0 aromatic heterocycles. The number of anilines is 1. The minimum absolute atomic E-state index is 0.00618. The van der Waals surface area contributed by atoms with Gasteiger partial charge in [0.25, 0.3) is 5.91 Å². The standard InChI is InChI=1S/C29H31N3O4/c1-30-24(33)17-29(36-2)22-11-3-4-12-23(22)32(28(29)35)19-13-15-31(16-14-19)26-20-9-5-7-18-8-6-10-21(25(18)20)27(26)34/h3-12,19,26-27,34H,13-17H2,1-2H3,(H,30,33)/t26?,27-,29?/m0/s1. The Balaban J connectivity index is 1.26. The van der Waals surface area contributed by atoms with Gasteiger partial charge >= 0.3 is 0 Å². The van der Waals surface area contributed by atoms with E-state index in [0.717, 1.165) is 48.1 Å². The highest BCUT2D eigenvalue weighted by molar-refractivity contribution is 6.09. The number of likely N-dealkylation sites (tertiary alicyclic amines) is 1. The molecule has 2 unspecified atom stereocenters. The Kier molecular flexibility index (Phi) is 5.59. The van der Waals surface area contributed by atoms with E-state index in [1.807, 2.05) is 41.3 Å². The topological polar surface area (TPSA) is 82.1 Å². The predicted molar refractivity (Wildman–Crippen MR) is 138 cm³/mol. The van der Waals surface area contributed by atoms with Crippen LogP contribution in [0.2, 0.25) is 0 Å². The summed E-state index contributed by atoms with van der Waals surface area (Å²) >= 11 is 0. The highest BCUT2D eigenvalue weighted by Gasteiger charge is 2.54. The Morgan fingerprint density at radius 2 is 1.75 bits per heavy atom.